The van der Waals surface area contributed by atoms with Gasteiger partial charge in [-0.15, -0.1) is 11.3 Å². The van der Waals surface area contributed by atoms with E-state index in [9.17, 15) is 4.79 Å². The van der Waals surface area contributed by atoms with Gasteiger partial charge in [0.15, 0.2) is 5.76 Å². The van der Waals surface area contributed by atoms with E-state index >= 15 is 0 Å². The second-order valence-electron chi connectivity index (χ2n) is 4.93. The maximum atomic E-state index is 12.1. The van der Waals surface area contributed by atoms with Crippen molar-refractivity contribution in [2.75, 3.05) is 7.11 Å². The lowest BCUT2D eigenvalue weighted by molar-refractivity contribution is 0.0948. The van der Waals surface area contributed by atoms with Gasteiger partial charge in [0.25, 0.3) is 5.91 Å². The van der Waals surface area contributed by atoms with Crippen LogP contribution in [-0.2, 0) is 6.54 Å². The summed E-state index contributed by atoms with van der Waals surface area (Å²) in [7, 11) is 1.57. The van der Waals surface area contributed by atoms with E-state index in [4.69, 9.17) is 9.15 Å². The van der Waals surface area contributed by atoms with Crippen LogP contribution in [0.3, 0.4) is 0 Å². The fraction of sp³-hybridized carbons (Fsp3) is 0.176. The summed E-state index contributed by atoms with van der Waals surface area (Å²) >= 11 is 1.57. The number of hydrogen-bond acceptors (Lipinski definition) is 5. The van der Waals surface area contributed by atoms with Crippen LogP contribution in [0.4, 0.5) is 0 Å². The van der Waals surface area contributed by atoms with Gasteiger partial charge in [0.05, 0.1) is 18.7 Å². The minimum absolute atomic E-state index is 0.175. The first kappa shape index (κ1) is 15.3. The van der Waals surface area contributed by atoms with Crippen molar-refractivity contribution in [1.82, 2.24) is 10.3 Å². The molecule has 0 saturated carbocycles. The quantitative estimate of drug-likeness (QED) is 0.776. The van der Waals surface area contributed by atoms with Crippen LogP contribution in [0.2, 0.25) is 0 Å². The minimum atomic E-state index is -0.175. The summed E-state index contributed by atoms with van der Waals surface area (Å²) in [6, 6.07) is 10.7. The molecule has 6 heteroatoms. The zero-order valence-corrected chi connectivity index (χ0v) is 13.6. The molecule has 118 valence electrons. The van der Waals surface area contributed by atoms with Gasteiger partial charge in [-0.25, -0.2) is 4.98 Å². The van der Waals surface area contributed by atoms with E-state index in [1.807, 2.05) is 24.4 Å². The van der Waals surface area contributed by atoms with Crippen LogP contribution in [0, 0.1) is 6.92 Å². The number of rotatable bonds is 5. The van der Waals surface area contributed by atoms with Gasteiger partial charge >= 0.3 is 0 Å². The van der Waals surface area contributed by atoms with Gasteiger partial charge in [0.2, 0.25) is 0 Å². The molecule has 0 unspecified atom stereocenters. The molecule has 2 aromatic heterocycles. The predicted octanol–water partition coefficient (Wildman–Crippen LogP) is 3.65. The molecule has 0 aliphatic rings. The number of aromatic nitrogens is 1. The third-order valence-corrected chi connectivity index (χ3v) is 4.06. The number of furan rings is 1. The third-order valence-electron chi connectivity index (χ3n) is 3.29. The summed E-state index contributed by atoms with van der Waals surface area (Å²) in [5.41, 5.74) is 1.36. The van der Waals surface area contributed by atoms with Crippen LogP contribution in [0.5, 0.6) is 5.75 Å². The Kier molecular flexibility index (Phi) is 4.43. The molecular weight excluding hydrogens is 312 g/mol. The van der Waals surface area contributed by atoms with Gasteiger partial charge in [-0.3, -0.25) is 4.79 Å². The van der Waals surface area contributed by atoms with E-state index in [1.165, 1.54) is 0 Å². The molecule has 3 aromatic rings. The van der Waals surface area contributed by atoms with Crippen LogP contribution in [0.15, 0.2) is 46.2 Å². The second kappa shape index (κ2) is 6.66. The molecule has 0 bridgehead atoms. The highest BCUT2D eigenvalue weighted by molar-refractivity contribution is 7.09. The molecule has 5 nitrogen and oxygen atoms in total. The standard InChI is InChI=1S/C17H16N2O3S/c1-11-19-15(10-23-11)16-7-6-14(22-16)9-18-17(20)12-4-3-5-13(8-12)21-2/h3-8,10H,9H2,1-2H3,(H,18,20). The molecule has 1 amide bonds. The molecule has 0 fully saturated rings. The van der Waals surface area contributed by atoms with Crippen LogP contribution in [0.25, 0.3) is 11.5 Å². The Balaban J connectivity index is 1.64. The maximum absolute atomic E-state index is 12.1. The van der Waals surface area contributed by atoms with Crippen LogP contribution in [0.1, 0.15) is 21.1 Å². The van der Waals surface area contributed by atoms with Gasteiger partial charge in [-0.05, 0) is 37.3 Å². The average molecular weight is 328 g/mol. The Bertz CT molecular complexity index is 823. The summed E-state index contributed by atoms with van der Waals surface area (Å²) in [6.45, 7) is 2.27. The van der Waals surface area contributed by atoms with Gasteiger partial charge in [-0.1, -0.05) is 6.07 Å². The van der Waals surface area contributed by atoms with Crippen molar-refractivity contribution in [2.45, 2.75) is 13.5 Å². The lowest BCUT2D eigenvalue weighted by atomic mass is 10.2. The number of hydrogen-bond donors (Lipinski definition) is 1. The average Bonchev–Trinajstić information content (AvgIpc) is 3.21. The monoisotopic (exact) mass is 328 g/mol. The van der Waals surface area contributed by atoms with E-state index in [1.54, 1.807) is 42.7 Å². The number of aryl methyl sites for hydroxylation is 1. The number of methoxy groups -OCH3 is 1. The molecule has 0 aliphatic carbocycles. The first-order chi connectivity index (χ1) is 11.2. The van der Waals surface area contributed by atoms with E-state index < -0.39 is 0 Å². The molecule has 1 N–H and O–H groups in total. The molecule has 0 radical (unpaired) electrons. The van der Waals surface area contributed by atoms with Gasteiger partial charge in [0.1, 0.15) is 17.2 Å². The molecule has 0 aliphatic heterocycles. The second-order valence-corrected chi connectivity index (χ2v) is 5.99. The smallest absolute Gasteiger partial charge is 0.251 e. The number of ether oxygens (including phenoxy) is 1. The first-order valence-corrected chi connectivity index (χ1v) is 7.97. The summed E-state index contributed by atoms with van der Waals surface area (Å²) in [4.78, 5) is 16.5. The van der Waals surface area contributed by atoms with Crippen molar-refractivity contribution in [2.24, 2.45) is 0 Å². The Hall–Kier alpha value is -2.60. The highest BCUT2D eigenvalue weighted by Crippen LogP contribution is 2.23. The molecule has 2 heterocycles. The number of nitrogens with one attached hydrogen (secondary N) is 1. The summed E-state index contributed by atoms with van der Waals surface area (Å²) < 4.78 is 10.8. The van der Waals surface area contributed by atoms with Crippen molar-refractivity contribution in [3.8, 4) is 17.2 Å². The number of benzene rings is 1. The van der Waals surface area contributed by atoms with E-state index in [0.717, 1.165) is 10.7 Å². The SMILES string of the molecule is COc1cccc(C(=O)NCc2ccc(-c3csc(C)n3)o2)c1. The highest BCUT2D eigenvalue weighted by atomic mass is 32.1. The van der Waals surface area contributed by atoms with Gasteiger partial charge in [0, 0.05) is 10.9 Å². The zero-order chi connectivity index (χ0) is 16.2. The van der Waals surface area contributed by atoms with E-state index in [2.05, 4.69) is 10.3 Å². The summed E-state index contributed by atoms with van der Waals surface area (Å²) in [5, 5.41) is 5.77. The fourth-order valence-electron chi connectivity index (χ4n) is 2.12. The summed E-state index contributed by atoms with van der Waals surface area (Å²) in [5.74, 6) is 1.87. The maximum Gasteiger partial charge on any atom is 0.251 e. The number of amides is 1. The molecule has 0 saturated heterocycles. The van der Waals surface area contributed by atoms with Crippen LogP contribution >= 0.6 is 11.3 Å². The highest BCUT2D eigenvalue weighted by Gasteiger charge is 2.10. The minimum Gasteiger partial charge on any atom is -0.497 e. The van der Waals surface area contributed by atoms with Crippen molar-refractivity contribution in [3.63, 3.8) is 0 Å². The Morgan fingerprint density at radius 2 is 2.22 bits per heavy atom. The topological polar surface area (TPSA) is 64.4 Å². The number of thiazole rings is 1. The van der Waals surface area contributed by atoms with Crippen molar-refractivity contribution < 1.29 is 13.9 Å². The van der Waals surface area contributed by atoms with Crippen molar-refractivity contribution in [1.29, 1.82) is 0 Å². The Morgan fingerprint density at radius 1 is 1.35 bits per heavy atom. The number of nitrogens with zero attached hydrogens (tertiary/aromatic N) is 1. The molecule has 23 heavy (non-hydrogen) atoms. The zero-order valence-electron chi connectivity index (χ0n) is 12.8. The molecular formula is C17H16N2O3S. The Labute approximate surface area is 137 Å². The molecule has 1 aromatic carbocycles. The van der Waals surface area contributed by atoms with Gasteiger partial charge in [-0.2, -0.15) is 0 Å². The predicted molar refractivity (Wildman–Crippen MR) is 88.7 cm³/mol. The van der Waals surface area contributed by atoms with Crippen LogP contribution < -0.4 is 10.1 Å². The van der Waals surface area contributed by atoms with Crippen molar-refractivity contribution in [3.05, 3.63) is 58.1 Å². The molecule has 3 rings (SSSR count). The van der Waals surface area contributed by atoms with Crippen LogP contribution in [-0.4, -0.2) is 18.0 Å². The number of carbonyl (C=O) groups excluding carboxylic acids is 1. The Morgan fingerprint density at radius 3 is 2.96 bits per heavy atom. The van der Waals surface area contributed by atoms with E-state index in [0.29, 0.717) is 29.4 Å². The lowest BCUT2D eigenvalue weighted by Crippen LogP contribution is -2.22. The normalized spacial score (nSPS) is 10.5. The first-order valence-electron chi connectivity index (χ1n) is 7.09. The molecule has 0 atom stereocenters. The van der Waals surface area contributed by atoms with Gasteiger partial charge < -0.3 is 14.5 Å². The fourth-order valence-corrected chi connectivity index (χ4v) is 2.72. The number of carbonyl (C=O) groups is 1. The third kappa shape index (κ3) is 3.60. The molecule has 0 spiro atoms. The largest absolute Gasteiger partial charge is 0.497 e. The summed E-state index contributed by atoms with van der Waals surface area (Å²) in [6.07, 6.45) is 0. The lowest BCUT2D eigenvalue weighted by Gasteiger charge is -2.05. The van der Waals surface area contributed by atoms with E-state index in [-0.39, 0.29) is 5.91 Å². The van der Waals surface area contributed by atoms with Crippen molar-refractivity contribution >= 4 is 17.2 Å².